The quantitative estimate of drug-likeness (QED) is 0.447. The molecule has 0 aliphatic rings. The first-order chi connectivity index (χ1) is 11.4. The average molecular weight is 397 g/mol. The van der Waals surface area contributed by atoms with Gasteiger partial charge in [0.2, 0.25) is 0 Å². The highest BCUT2D eigenvalue weighted by Gasteiger charge is 2.05. The third kappa shape index (κ3) is 3.66. The van der Waals surface area contributed by atoms with E-state index < -0.39 is 0 Å². The Bertz CT molecular complexity index is 934. The van der Waals surface area contributed by atoms with E-state index in [1.807, 2.05) is 6.07 Å². The second-order valence-corrected chi connectivity index (χ2v) is 6.30. The molecule has 0 unspecified atom stereocenters. The van der Waals surface area contributed by atoms with Gasteiger partial charge in [0.05, 0.1) is 5.69 Å². The van der Waals surface area contributed by atoms with E-state index in [1.54, 1.807) is 11.3 Å². The topological polar surface area (TPSA) is 24.9 Å². The molecule has 3 aromatic carbocycles. The minimum absolute atomic E-state index is 0. The van der Waals surface area contributed by atoms with E-state index in [-0.39, 0.29) is 17.0 Å². The van der Waals surface area contributed by atoms with E-state index in [4.69, 9.17) is 4.98 Å². The lowest BCUT2D eigenvalue weighted by molar-refractivity contribution is 1.14. The molecule has 0 bridgehead atoms. The zero-order valence-corrected chi connectivity index (χ0v) is 15.5. The Balaban J connectivity index is 0.00000169. The number of benzene rings is 3. The number of fused-ring (bicyclic) bond motifs is 1. The first kappa shape index (κ1) is 16.7. The third-order valence-electron chi connectivity index (χ3n) is 3.84. The van der Waals surface area contributed by atoms with E-state index >= 15 is 0 Å². The van der Waals surface area contributed by atoms with Crippen molar-refractivity contribution in [1.82, 2.24) is 4.98 Å². The van der Waals surface area contributed by atoms with Gasteiger partial charge in [-0.25, -0.2) is 4.98 Å². The lowest BCUT2D eigenvalue weighted by Crippen LogP contribution is -1.98. The molecule has 4 rings (SSSR count). The third-order valence-corrected chi connectivity index (χ3v) is 4.64. The summed E-state index contributed by atoms with van der Waals surface area (Å²) in [6.45, 7) is 0.797. The molecule has 0 aliphatic heterocycles. The monoisotopic (exact) mass is 396 g/mol. The van der Waals surface area contributed by atoms with Crippen LogP contribution >= 0.6 is 28.3 Å². The Labute approximate surface area is 156 Å². The summed E-state index contributed by atoms with van der Waals surface area (Å²) < 4.78 is 0. The second kappa shape index (κ2) is 7.60. The van der Waals surface area contributed by atoms with E-state index in [0.29, 0.717) is 0 Å². The van der Waals surface area contributed by atoms with Gasteiger partial charge in [-0.3, -0.25) is 0 Å². The van der Waals surface area contributed by atoms with Gasteiger partial charge in [0.25, 0.3) is 0 Å². The molecule has 1 heterocycles. The van der Waals surface area contributed by atoms with Crippen LogP contribution in [0.1, 0.15) is 5.56 Å². The number of nitrogens with one attached hydrogen (secondary N) is 1. The highest BCUT2D eigenvalue weighted by molar-refractivity contribution is 8.93. The standard InChI is InChI=1S/C20H16N2S.BrH/c1-2-6-15(7-3-1)13-21-20-22-19(14-23-20)18-11-10-16-8-4-5-9-17(16)12-18;/h1-12,14H,13H2,(H,21,22);1H. The lowest BCUT2D eigenvalue weighted by Gasteiger charge is -2.03. The van der Waals surface area contributed by atoms with Crippen molar-refractivity contribution in [2.75, 3.05) is 5.32 Å². The van der Waals surface area contributed by atoms with Gasteiger partial charge in [-0.1, -0.05) is 66.7 Å². The maximum Gasteiger partial charge on any atom is 0.183 e. The molecule has 0 amide bonds. The van der Waals surface area contributed by atoms with Gasteiger partial charge in [-0.2, -0.15) is 0 Å². The van der Waals surface area contributed by atoms with Crippen molar-refractivity contribution in [3.63, 3.8) is 0 Å². The molecule has 120 valence electrons. The molecule has 24 heavy (non-hydrogen) atoms. The van der Waals surface area contributed by atoms with Crippen LogP contribution in [0.3, 0.4) is 0 Å². The zero-order valence-electron chi connectivity index (χ0n) is 13.0. The van der Waals surface area contributed by atoms with Crippen molar-refractivity contribution in [1.29, 1.82) is 0 Å². The largest absolute Gasteiger partial charge is 0.357 e. The normalized spacial score (nSPS) is 10.3. The number of anilines is 1. The molecule has 0 aliphatic carbocycles. The van der Waals surface area contributed by atoms with Gasteiger partial charge >= 0.3 is 0 Å². The minimum atomic E-state index is 0. The van der Waals surface area contributed by atoms with Crippen LogP contribution in [-0.2, 0) is 6.54 Å². The van der Waals surface area contributed by atoms with Crippen LogP contribution in [0.25, 0.3) is 22.0 Å². The number of halogens is 1. The highest BCUT2D eigenvalue weighted by Crippen LogP contribution is 2.27. The van der Waals surface area contributed by atoms with Crippen molar-refractivity contribution in [3.8, 4) is 11.3 Å². The molecule has 0 saturated heterocycles. The highest BCUT2D eigenvalue weighted by atomic mass is 79.9. The van der Waals surface area contributed by atoms with Crippen LogP contribution in [0.2, 0.25) is 0 Å². The second-order valence-electron chi connectivity index (χ2n) is 5.44. The molecule has 0 fully saturated rings. The SMILES string of the molecule is Br.c1ccc(CNc2nc(-c3ccc4ccccc4c3)cs2)cc1. The fraction of sp³-hybridized carbons (Fsp3) is 0.0500. The molecule has 1 N–H and O–H groups in total. The van der Waals surface area contributed by atoms with Crippen LogP contribution in [-0.4, -0.2) is 4.98 Å². The Kier molecular flexibility index (Phi) is 5.28. The summed E-state index contributed by atoms with van der Waals surface area (Å²) in [5.74, 6) is 0. The minimum Gasteiger partial charge on any atom is -0.357 e. The van der Waals surface area contributed by atoms with Crippen molar-refractivity contribution >= 4 is 44.2 Å². The number of hydrogen-bond donors (Lipinski definition) is 1. The van der Waals surface area contributed by atoms with Gasteiger partial charge in [-0.05, 0) is 22.4 Å². The van der Waals surface area contributed by atoms with E-state index in [9.17, 15) is 0 Å². The van der Waals surface area contributed by atoms with Crippen molar-refractivity contribution in [2.45, 2.75) is 6.54 Å². The molecule has 4 heteroatoms. The van der Waals surface area contributed by atoms with Crippen LogP contribution < -0.4 is 5.32 Å². The summed E-state index contributed by atoms with van der Waals surface area (Å²) in [4.78, 5) is 4.71. The summed E-state index contributed by atoms with van der Waals surface area (Å²) in [7, 11) is 0. The molecular weight excluding hydrogens is 380 g/mol. The number of hydrogen-bond acceptors (Lipinski definition) is 3. The summed E-state index contributed by atoms with van der Waals surface area (Å²) in [5.41, 5.74) is 3.44. The Hall–Kier alpha value is -2.17. The van der Waals surface area contributed by atoms with Gasteiger partial charge in [0.1, 0.15) is 0 Å². The Morgan fingerprint density at radius 3 is 2.42 bits per heavy atom. The summed E-state index contributed by atoms with van der Waals surface area (Å²) in [6, 6.07) is 25.3. The molecule has 0 saturated carbocycles. The maximum atomic E-state index is 4.71. The Morgan fingerprint density at radius 1 is 0.833 bits per heavy atom. The predicted octanol–water partition coefficient (Wildman–Crippen LogP) is 6.15. The zero-order chi connectivity index (χ0) is 15.5. The summed E-state index contributed by atoms with van der Waals surface area (Å²) >= 11 is 1.65. The van der Waals surface area contributed by atoms with Crippen LogP contribution in [0.15, 0.2) is 78.2 Å². The molecule has 0 atom stereocenters. The molecule has 2 nitrogen and oxygen atoms in total. The van der Waals surface area contributed by atoms with E-state index in [1.165, 1.54) is 16.3 Å². The number of thiazole rings is 1. The number of aromatic nitrogens is 1. The molecule has 0 radical (unpaired) electrons. The smallest absolute Gasteiger partial charge is 0.183 e. The van der Waals surface area contributed by atoms with Gasteiger partial charge in [0, 0.05) is 17.5 Å². The van der Waals surface area contributed by atoms with Gasteiger partial charge < -0.3 is 5.32 Å². The van der Waals surface area contributed by atoms with E-state index in [2.05, 4.69) is 77.4 Å². The summed E-state index contributed by atoms with van der Waals surface area (Å²) in [5, 5.41) is 8.97. The van der Waals surface area contributed by atoms with Gasteiger partial charge in [-0.15, -0.1) is 28.3 Å². The predicted molar refractivity (Wildman–Crippen MR) is 109 cm³/mol. The van der Waals surface area contributed by atoms with Crippen molar-refractivity contribution in [3.05, 3.63) is 83.7 Å². The molecule has 1 aromatic heterocycles. The van der Waals surface area contributed by atoms with Gasteiger partial charge in [0.15, 0.2) is 5.13 Å². The molecule has 4 aromatic rings. The first-order valence-corrected chi connectivity index (χ1v) is 8.49. The molecule has 0 spiro atoms. The van der Waals surface area contributed by atoms with Crippen LogP contribution in [0.4, 0.5) is 5.13 Å². The number of nitrogens with zero attached hydrogens (tertiary/aromatic N) is 1. The average Bonchev–Trinajstić information content (AvgIpc) is 3.09. The van der Waals surface area contributed by atoms with E-state index in [0.717, 1.165) is 22.9 Å². The molecular formula is C20H17BrN2S. The maximum absolute atomic E-state index is 4.71. The fourth-order valence-electron chi connectivity index (χ4n) is 2.61. The first-order valence-electron chi connectivity index (χ1n) is 7.61. The van der Waals surface area contributed by atoms with Crippen molar-refractivity contribution < 1.29 is 0 Å². The Morgan fingerprint density at radius 2 is 1.58 bits per heavy atom. The number of rotatable bonds is 4. The van der Waals surface area contributed by atoms with Crippen LogP contribution in [0.5, 0.6) is 0 Å². The fourth-order valence-corrected chi connectivity index (χ4v) is 3.33. The van der Waals surface area contributed by atoms with Crippen molar-refractivity contribution in [2.24, 2.45) is 0 Å². The summed E-state index contributed by atoms with van der Waals surface area (Å²) in [6.07, 6.45) is 0. The lowest BCUT2D eigenvalue weighted by atomic mass is 10.1. The van der Waals surface area contributed by atoms with Crippen LogP contribution in [0, 0.1) is 0 Å².